The second-order valence-electron chi connectivity index (χ2n) is 5.57. The Morgan fingerprint density at radius 1 is 1.16 bits per heavy atom. The van der Waals surface area contributed by atoms with Gasteiger partial charge in [-0.1, -0.05) is 6.07 Å². The highest BCUT2D eigenvalue weighted by Gasteiger charge is 2.32. The number of benzene rings is 1. The molecule has 0 saturated carbocycles. The summed E-state index contributed by atoms with van der Waals surface area (Å²) in [4.78, 5) is 17.1. The normalized spacial score (nSPS) is 13.4. The molecule has 0 aliphatic carbocycles. The number of fused-ring (bicyclic) bond motifs is 1. The Hall–Kier alpha value is -2.77. The predicted molar refractivity (Wildman–Crippen MR) is 82.5 cm³/mol. The standard InChI is InChI=1S/C17H15F3N2O3/c1-22(10-11-2-4-13-14(8-11)25-7-6-24-13)16(23)12-3-5-15(21-9-12)17(18,19)20/h2-5,8-9H,6-7,10H2,1H3. The van der Waals surface area contributed by atoms with Crippen LogP contribution in [0, 0.1) is 0 Å². The third kappa shape index (κ3) is 3.84. The van der Waals surface area contributed by atoms with Crippen LogP contribution in [-0.2, 0) is 12.7 Å². The first-order valence-electron chi connectivity index (χ1n) is 7.52. The fourth-order valence-electron chi connectivity index (χ4n) is 2.44. The monoisotopic (exact) mass is 352 g/mol. The third-order valence-corrected chi connectivity index (χ3v) is 3.67. The molecule has 1 aliphatic rings. The smallest absolute Gasteiger partial charge is 0.433 e. The summed E-state index contributed by atoms with van der Waals surface area (Å²) in [6.07, 6.45) is -3.59. The molecule has 132 valence electrons. The summed E-state index contributed by atoms with van der Waals surface area (Å²) in [5, 5.41) is 0. The first kappa shape index (κ1) is 17.1. The van der Waals surface area contributed by atoms with Crippen LogP contribution in [0.25, 0.3) is 0 Å². The summed E-state index contributed by atoms with van der Waals surface area (Å²) < 4.78 is 48.5. The highest BCUT2D eigenvalue weighted by atomic mass is 19.4. The van der Waals surface area contributed by atoms with Crippen LogP contribution >= 0.6 is 0 Å². The van der Waals surface area contributed by atoms with Gasteiger partial charge < -0.3 is 14.4 Å². The fraction of sp³-hybridized carbons (Fsp3) is 0.294. The Morgan fingerprint density at radius 3 is 2.52 bits per heavy atom. The molecular weight excluding hydrogens is 337 g/mol. The first-order chi connectivity index (χ1) is 11.8. The van der Waals surface area contributed by atoms with Crippen molar-refractivity contribution in [3.63, 3.8) is 0 Å². The van der Waals surface area contributed by atoms with Gasteiger partial charge in [0.25, 0.3) is 5.91 Å². The summed E-state index contributed by atoms with van der Waals surface area (Å²) in [6.45, 7) is 1.23. The van der Waals surface area contributed by atoms with Gasteiger partial charge in [-0.05, 0) is 29.8 Å². The van der Waals surface area contributed by atoms with E-state index in [0.29, 0.717) is 24.7 Å². The van der Waals surface area contributed by atoms with Crippen LogP contribution in [0.1, 0.15) is 21.6 Å². The lowest BCUT2D eigenvalue weighted by atomic mass is 10.1. The zero-order chi connectivity index (χ0) is 18.0. The summed E-state index contributed by atoms with van der Waals surface area (Å²) in [5.74, 6) is 0.841. The van der Waals surface area contributed by atoms with Crippen molar-refractivity contribution in [3.05, 3.63) is 53.3 Å². The first-order valence-corrected chi connectivity index (χ1v) is 7.52. The zero-order valence-corrected chi connectivity index (χ0v) is 13.3. The zero-order valence-electron chi connectivity index (χ0n) is 13.3. The average Bonchev–Trinajstić information content (AvgIpc) is 2.60. The minimum atomic E-state index is -4.53. The maximum atomic E-state index is 12.5. The summed E-state index contributed by atoms with van der Waals surface area (Å²) in [6, 6.07) is 7.27. The number of alkyl halides is 3. The van der Waals surface area contributed by atoms with Crippen LogP contribution in [0.15, 0.2) is 36.5 Å². The molecule has 0 atom stereocenters. The van der Waals surface area contributed by atoms with Gasteiger partial charge in [-0.2, -0.15) is 13.2 Å². The number of carbonyl (C=O) groups is 1. The van der Waals surface area contributed by atoms with Gasteiger partial charge in [0.1, 0.15) is 18.9 Å². The van der Waals surface area contributed by atoms with Crippen molar-refractivity contribution in [2.24, 2.45) is 0 Å². The molecule has 0 bridgehead atoms. The second-order valence-corrected chi connectivity index (χ2v) is 5.57. The van der Waals surface area contributed by atoms with Crippen LogP contribution in [0.3, 0.4) is 0 Å². The van der Waals surface area contributed by atoms with E-state index in [1.54, 1.807) is 19.2 Å². The number of hydrogen-bond donors (Lipinski definition) is 0. The molecular formula is C17H15F3N2O3. The van der Waals surface area contributed by atoms with Gasteiger partial charge in [-0.3, -0.25) is 9.78 Å². The molecule has 0 saturated heterocycles. The predicted octanol–water partition coefficient (Wildman–Crippen LogP) is 3.14. The number of nitrogens with zero attached hydrogens (tertiary/aromatic N) is 2. The fourth-order valence-corrected chi connectivity index (χ4v) is 2.44. The quantitative estimate of drug-likeness (QED) is 0.852. The van der Waals surface area contributed by atoms with Gasteiger partial charge in [-0.15, -0.1) is 0 Å². The number of pyridine rings is 1. The third-order valence-electron chi connectivity index (χ3n) is 3.67. The largest absolute Gasteiger partial charge is 0.486 e. The highest BCUT2D eigenvalue weighted by Crippen LogP contribution is 2.31. The van der Waals surface area contributed by atoms with E-state index in [-0.39, 0.29) is 12.1 Å². The molecule has 1 aromatic heterocycles. The van der Waals surface area contributed by atoms with Crippen molar-refractivity contribution >= 4 is 5.91 Å². The lowest BCUT2D eigenvalue weighted by Gasteiger charge is -2.21. The minimum Gasteiger partial charge on any atom is -0.486 e. The Bertz CT molecular complexity index is 776. The van der Waals surface area contributed by atoms with E-state index < -0.39 is 17.8 Å². The van der Waals surface area contributed by atoms with Crippen molar-refractivity contribution in [1.29, 1.82) is 0 Å². The van der Waals surface area contributed by atoms with E-state index in [1.807, 2.05) is 6.07 Å². The van der Waals surface area contributed by atoms with Crippen molar-refractivity contribution in [2.75, 3.05) is 20.3 Å². The number of rotatable bonds is 3. The van der Waals surface area contributed by atoms with Gasteiger partial charge >= 0.3 is 6.18 Å². The molecule has 0 N–H and O–H groups in total. The lowest BCUT2D eigenvalue weighted by molar-refractivity contribution is -0.141. The molecule has 0 spiro atoms. The van der Waals surface area contributed by atoms with Crippen LogP contribution in [0.2, 0.25) is 0 Å². The van der Waals surface area contributed by atoms with E-state index in [1.165, 1.54) is 4.90 Å². The Labute approximate surface area is 142 Å². The van der Waals surface area contributed by atoms with Crippen molar-refractivity contribution in [3.8, 4) is 11.5 Å². The van der Waals surface area contributed by atoms with Crippen molar-refractivity contribution in [2.45, 2.75) is 12.7 Å². The SMILES string of the molecule is CN(Cc1ccc2c(c1)OCCO2)C(=O)c1ccc(C(F)(F)F)nc1. The topological polar surface area (TPSA) is 51.7 Å². The van der Waals surface area contributed by atoms with Crippen LogP contribution < -0.4 is 9.47 Å². The summed E-state index contributed by atoms with van der Waals surface area (Å²) in [7, 11) is 1.57. The maximum absolute atomic E-state index is 12.5. The molecule has 0 radical (unpaired) electrons. The molecule has 8 heteroatoms. The number of ether oxygens (including phenoxy) is 2. The van der Waals surface area contributed by atoms with Crippen LogP contribution in [-0.4, -0.2) is 36.1 Å². The molecule has 5 nitrogen and oxygen atoms in total. The van der Waals surface area contributed by atoms with Gasteiger partial charge in [0, 0.05) is 19.8 Å². The number of aromatic nitrogens is 1. The van der Waals surface area contributed by atoms with E-state index in [9.17, 15) is 18.0 Å². The number of amides is 1. The van der Waals surface area contributed by atoms with Gasteiger partial charge in [0.2, 0.25) is 0 Å². The number of carbonyl (C=O) groups excluding carboxylic acids is 1. The van der Waals surface area contributed by atoms with Gasteiger partial charge in [0.15, 0.2) is 11.5 Å². The molecule has 2 aromatic rings. The Balaban J connectivity index is 1.70. The molecule has 25 heavy (non-hydrogen) atoms. The van der Waals surface area contributed by atoms with Gasteiger partial charge in [0.05, 0.1) is 5.56 Å². The van der Waals surface area contributed by atoms with Crippen LogP contribution in [0.5, 0.6) is 11.5 Å². The van der Waals surface area contributed by atoms with Crippen molar-refractivity contribution in [1.82, 2.24) is 9.88 Å². The minimum absolute atomic E-state index is 0.0908. The average molecular weight is 352 g/mol. The van der Waals surface area contributed by atoms with E-state index in [0.717, 1.165) is 23.9 Å². The molecule has 1 amide bonds. The molecule has 1 aromatic carbocycles. The number of hydrogen-bond acceptors (Lipinski definition) is 4. The van der Waals surface area contributed by atoms with E-state index in [4.69, 9.17) is 9.47 Å². The van der Waals surface area contributed by atoms with Gasteiger partial charge in [-0.25, -0.2) is 0 Å². The Morgan fingerprint density at radius 2 is 1.88 bits per heavy atom. The maximum Gasteiger partial charge on any atom is 0.433 e. The van der Waals surface area contributed by atoms with Crippen LogP contribution in [0.4, 0.5) is 13.2 Å². The number of halogens is 3. The van der Waals surface area contributed by atoms with E-state index in [2.05, 4.69) is 4.98 Å². The molecule has 2 heterocycles. The lowest BCUT2D eigenvalue weighted by Crippen LogP contribution is -2.26. The second kappa shape index (κ2) is 6.62. The Kier molecular flexibility index (Phi) is 4.52. The highest BCUT2D eigenvalue weighted by molar-refractivity contribution is 5.93. The van der Waals surface area contributed by atoms with Crippen molar-refractivity contribution < 1.29 is 27.4 Å². The van der Waals surface area contributed by atoms with E-state index >= 15 is 0 Å². The summed E-state index contributed by atoms with van der Waals surface area (Å²) in [5.41, 5.74) is -0.119. The molecule has 3 rings (SSSR count). The summed E-state index contributed by atoms with van der Waals surface area (Å²) >= 11 is 0. The molecule has 1 aliphatic heterocycles. The molecule has 0 fully saturated rings. The molecule has 0 unspecified atom stereocenters.